The fourth-order valence-electron chi connectivity index (χ4n) is 2.20. The van der Waals surface area contributed by atoms with Crippen molar-refractivity contribution in [3.63, 3.8) is 0 Å². The van der Waals surface area contributed by atoms with Gasteiger partial charge in [0.2, 0.25) is 0 Å². The molecule has 3 nitrogen and oxygen atoms in total. The van der Waals surface area contributed by atoms with Crippen LogP contribution in [0.5, 0.6) is 0 Å². The zero-order valence-corrected chi connectivity index (χ0v) is 10.7. The molecule has 1 aliphatic heterocycles. The summed E-state index contributed by atoms with van der Waals surface area (Å²) >= 11 is 0. The molecule has 0 saturated carbocycles. The van der Waals surface area contributed by atoms with E-state index in [1.165, 1.54) is 7.05 Å². The first-order valence-electron chi connectivity index (χ1n) is 5.86. The molecule has 1 aromatic carbocycles. The molecular formula is C15H15NO2. The molecule has 0 aromatic heterocycles. The summed E-state index contributed by atoms with van der Waals surface area (Å²) in [5.74, 6) is -0.487. The number of hydrogen-bond acceptors (Lipinski definition) is 2. The maximum absolute atomic E-state index is 12.1. The third kappa shape index (κ3) is 1.68. The molecule has 0 fully saturated rings. The van der Waals surface area contributed by atoms with Crippen molar-refractivity contribution in [2.75, 3.05) is 7.05 Å². The quantitative estimate of drug-likeness (QED) is 0.560. The highest BCUT2D eigenvalue weighted by molar-refractivity contribution is 6.31. The Kier molecular flexibility index (Phi) is 3.15. The smallest absolute Gasteiger partial charge is 0.261 e. The highest BCUT2D eigenvalue weighted by Crippen LogP contribution is 2.31. The Morgan fingerprint density at radius 3 is 2.44 bits per heavy atom. The molecule has 0 saturated heterocycles. The first kappa shape index (κ1) is 12.3. The van der Waals surface area contributed by atoms with Crippen LogP contribution < -0.4 is 0 Å². The minimum absolute atomic E-state index is 0.244. The molecule has 1 aliphatic rings. The molecule has 2 amide bonds. The van der Waals surface area contributed by atoms with Gasteiger partial charge in [-0.3, -0.25) is 14.5 Å². The van der Waals surface area contributed by atoms with Crippen LogP contribution in [0.4, 0.5) is 0 Å². The minimum atomic E-state index is -0.244. The SMILES string of the molecule is C/C=C/c1cccc2c1/C(=C\C)C(=O)N(C)C2=O. The summed E-state index contributed by atoms with van der Waals surface area (Å²) in [4.78, 5) is 25.4. The van der Waals surface area contributed by atoms with Crippen LogP contribution in [0.2, 0.25) is 0 Å². The minimum Gasteiger partial charge on any atom is -0.277 e. The van der Waals surface area contributed by atoms with Crippen molar-refractivity contribution in [2.24, 2.45) is 0 Å². The molecule has 0 unspecified atom stereocenters. The van der Waals surface area contributed by atoms with Crippen molar-refractivity contribution in [2.45, 2.75) is 13.8 Å². The van der Waals surface area contributed by atoms with Gasteiger partial charge in [-0.15, -0.1) is 0 Å². The average Bonchev–Trinajstić information content (AvgIpc) is 2.38. The highest BCUT2D eigenvalue weighted by atomic mass is 16.2. The largest absolute Gasteiger partial charge is 0.277 e. The number of amides is 2. The second-order valence-corrected chi connectivity index (χ2v) is 4.14. The summed E-state index contributed by atoms with van der Waals surface area (Å²) in [5.41, 5.74) is 2.81. The Balaban J connectivity index is 2.79. The Morgan fingerprint density at radius 1 is 1.11 bits per heavy atom. The lowest BCUT2D eigenvalue weighted by Gasteiger charge is -2.26. The molecule has 2 rings (SSSR count). The summed E-state index contributed by atoms with van der Waals surface area (Å²) in [6.07, 6.45) is 5.57. The molecule has 3 heteroatoms. The summed E-state index contributed by atoms with van der Waals surface area (Å²) in [6.45, 7) is 3.72. The molecule has 0 spiro atoms. The van der Waals surface area contributed by atoms with Crippen LogP contribution in [0, 0.1) is 0 Å². The van der Waals surface area contributed by atoms with Crippen LogP contribution in [0.1, 0.15) is 35.3 Å². The lowest BCUT2D eigenvalue weighted by Crippen LogP contribution is -2.38. The van der Waals surface area contributed by atoms with Crippen LogP contribution in [-0.4, -0.2) is 23.8 Å². The van der Waals surface area contributed by atoms with Gasteiger partial charge < -0.3 is 0 Å². The Morgan fingerprint density at radius 2 is 1.83 bits per heavy atom. The van der Waals surface area contributed by atoms with Gasteiger partial charge in [0.1, 0.15) is 0 Å². The van der Waals surface area contributed by atoms with E-state index in [1.54, 1.807) is 12.1 Å². The van der Waals surface area contributed by atoms with Gasteiger partial charge in [0, 0.05) is 23.7 Å². The van der Waals surface area contributed by atoms with E-state index in [4.69, 9.17) is 0 Å². The number of likely N-dealkylation sites (N-methyl/N-ethyl adjacent to an activating group) is 1. The normalized spacial score (nSPS) is 17.7. The number of nitrogens with zero attached hydrogens (tertiary/aromatic N) is 1. The van der Waals surface area contributed by atoms with Crippen molar-refractivity contribution in [1.82, 2.24) is 4.90 Å². The summed E-state index contributed by atoms with van der Waals surface area (Å²) < 4.78 is 0. The second-order valence-electron chi connectivity index (χ2n) is 4.14. The van der Waals surface area contributed by atoms with Crippen LogP contribution >= 0.6 is 0 Å². The molecule has 0 N–H and O–H groups in total. The van der Waals surface area contributed by atoms with Crippen LogP contribution in [-0.2, 0) is 4.79 Å². The number of hydrogen-bond donors (Lipinski definition) is 0. The molecule has 0 atom stereocenters. The van der Waals surface area contributed by atoms with Gasteiger partial charge >= 0.3 is 0 Å². The van der Waals surface area contributed by atoms with Crippen molar-refractivity contribution in [3.05, 3.63) is 47.0 Å². The fourth-order valence-corrected chi connectivity index (χ4v) is 2.20. The number of allylic oxidation sites excluding steroid dienone is 2. The van der Waals surface area contributed by atoms with Gasteiger partial charge in [-0.25, -0.2) is 0 Å². The molecular weight excluding hydrogens is 226 g/mol. The Bertz CT molecular complexity index is 582. The first-order valence-corrected chi connectivity index (χ1v) is 5.86. The number of carbonyl (C=O) groups is 2. The van der Waals surface area contributed by atoms with Gasteiger partial charge in [0.05, 0.1) is 0 Å². The van der Waals surface area contributed by atoms with Gasteiger partial charge in [-0.2, -0.15) is 0 Å². The van der Waals surface area contributed by atoms with Crippen LogP contribution in [0.25, 0.3) is 11.6 Å². The number of carbonyl (C=O) groups excluding carboxylic acids is 2. The van der Waals surface area contributed by atoms with E-state index in [-0.39, 0.29) is 11.8 Å². The summed E-state index contributed by atoms with van der Waals surface area (Å²) in [5, 5.41) is 0. The van der Waals surface area contributed by atoms with Crippen LogP contribution in [0.15, 0.2) is 30.4 Å². The van der Waals surface area contributed by atoms with E-state index in [2.05, 4.69) is 0 Å². The van der Waals surface area contributed by atoms with E-state index in [1.807, 2.05) is 38.1 Å². The van der Waals surface area contributed by atoms with Crippen molar-refractivity contribution >= 4 is 23.5 Å². The Hall–Kier alpha value is -2.16. The molecule has 18 heavy (non-hydrogen) atoms. The van der Waals surface area contributed by atoms with Crippen LogP contribution in [0.3, 0.4) is 0 Å². The monoisotopic (exact) mass is 241 g/mol. The van der Waals surface area contributed by atoms with E-state index in [0.717, 1.165) is 16.0 Å². The first-order chi connectivity index (χ1) is 8.61. The van der Waals surface area contributed by atoms with Crippen molar-refractivity contribution < 1.29 is 9.59 Å². The topological polar surface area (TPSA) is 37.4 Å². The lowest BCUT2D eigenvalue weighted by molar-refractivity contribution is -0.121. The van der Waals surface area contributed by atoms with Crippen molar-refractivity contribution in [3.8, 4) is 0 Å². The average molecular weight is 241 g/mol. The zero-order valence-electron chi connectivity index (χ0n) is 10.7. The predicted octanol–water partition coefficient (Wildman–Crippen LogP) is 2.74. The third-order valence-corrected chi connectivity index (χ3v) is 3.07. The number of fused-ring (bicyclic) bond motifs is 1. The fraction of sp³-hybridized carbons (Fsp3) is 0.200. The van der Waals surface area contributed by atoms with Gasteiger partial charge in [0.25, 0.3) is 11.8 Å². The van der Waals surface area contributed by atoms with E-state index in [9.17, 15) is 9.59 Å². The standard InChI is InChI=1S/C15H15NO2/c1-4-7-10-8-6-9-12-13(10)11(5-2)14(17)16(3)15(12)18/h4-9H,1-3H3/b7-4+,11-5+. The predicted molar refractivity (Wildman–Crippen MR) is 71.9 cm³/mol. The van der Waals surface area contributed by atoms with Gasteiger partial charge in [0.15, 0.2) is 0 Å². The van der Waals surface area contributed by atoms with Gasteiger partial charge in [-0.05, 0) is 25.5 Å². The molecule has 1 aromatic rings. The highest BCUT2D eigenvalue weighted by Gasteiger charge is 2.32. The molecule has 92 valence electrons. The number of benzene rings is 1. The molecule has 1 heterocycles. The van der Waals surface area contributed by atoms with Crippen molar-refractivity contribution in [1.29, 1.82) is 0 Å². The van der Waals surface area contributed by atoms with E-state index < -0.39 is 0 Å². The molecule has 0 aliphatic carbocycles. The van der Waals surface area contributed by atoms with Gasteiger partial charge in [-0.1, -0.05) is 30.4 Å². The summed E-state index contributed by atoms with van der Waals surface area (Å²) in [6, 6.07) is 5.51. The van der Waals surface area contributed by atoms with E-state index in [0.29, 0.717) is 11.1 Å². The maximum atomic E-state index is 12.1. The third-order valence-electron chi connectivity index (χ3n) is 3.07. The molecule has 0 radical (unpaired) electrons. The molecule has 0 bridgehead atoms. The second kappa shape index (κ2) is 4.61. The van der Waals surface area contributed by atoms with E-state index >= 15 is 0 Å². The zero-order chi connectivity index (χ0) is 13.3. The summed E-state index contributed by atoms with van der Waals surface area (Å²) in [7, 11) is 1.51. The Labute approximate surface area is 106 Å². The number of imide groups is 1. The lowest BCUT2D eigenvalue weighted by atomic mass is 9.89. The maximum Gasteiger partial charge on any atom is 0.261 e. The number of rotatable bonds is 1.